The van der Waals surface area contributed by atoms with Gasteiger partial charge in [-0.15, -0.1) is 0 Å². The van der Waals surface area contributed by atoms with Crippen LogP contribution in [0.4, 0.5) is 5.82 Å². The number of nitrogen functional groups attached to an aromatic ring is 1. The highest BCUT2D eigenvalue weighted by atomic mass is 15.3. The van der Waals surface area contributed by atoms with Crippen molar-refractivity contribution in [3.8, 4) is 11.1 Å². The zero-order valence-electron chi connectivity index (χ0n) is 11.7. The zero-order chi connectivity index (χ0) is 13.4. The van der Waals surface area contributed by atoms with Gasteiger partial charge in [0.25, 0.3) is 0 Å². The summed E-state index contributed by atoms with van der Waals surface area (Å²) >= 11 is 0. The van der Waals surface area contributed by atoms with Gasteiger partial charge in [0.2, 0.25) is 0 Å². The van der Waals surface area contributed by atoms with Crippen LogP contribution in [0.5, 0.6) is 0 Å². The summed E-state index contributed by atoms with van der Waals surface area (Å²) in [6.07, 6.45) is 5.12. The third-order valence-corrected chi connectivity index (χ3v) is 4.20. The third-order valence-electron chi connectivity index (χ3n) is 4.20. The summed E-state index contributed by atoms with van der Waals surface area (Å²) in [6.45, 7) is 2.11. The van der Waals surface area contributed by atoms with E-state index >= 15 is 0 Å². The Morgan fingerprint density at radius 1 is 1.16 bits per heavy atom. The second kappa shape index (κ2) is 4.72. The van der Waals surface area contributed by atoms with E-state index in [-0.39, 0.29) is 0 Å². The standard InChI is InChI=1S/C16H21N3/c1-11-7-9-12(10-8-11)14-15(13-5-3-4-6-13)18-19(2)16(14)17/h7-10,13H,3-6,17H2,1-2H3. The summed E-state index contributed by atoms with van der Waals surface area (Å²) in [5.74, 6) is 1.37. The number of hydrogen-bond donors (Lipinski definition) is 1. The van der Waals surface area contributed by atoms with E-state index in [1.807, 2.05) is 11.7 Å². The Balaban J connectivity index is 2.10. The first-order chi connectivity index (χ1) is 9.16. The van der Waals surface area contributed by atoms with Crippen LogP contribution < -0.4 is 5.73 Å². The van der Waals surface area contributed by atoms with E-state index in [2.05, 4.69) is 36.3 Å². The molecule has 3 nitrogen and oxygen atoms in total. The van der Waals surface area contributed by atoms with Gasteiger partial charge in [0.15, 0.2) is 0 Å². The van der Waals surface area contributed by atoms with Crippen molar-refractivity contribution in [3.05, 3.63) is 35.5 Å². The summed E-state index contributed by atoms with van der Waals surface area (Å²) < 4.78 is 1.82. The van der Waals surface area contributed by atoms with Crippen LogP contribution in [0.25, 0.3) is 11.1 Å². The van der Waals surface area contributed by atoms with Crippen LogP contribution in [0, 0.1) is 6.92 Å². The highest BCUT2D eigenvalue weighted by Crippen LogP contribution is 2.40. The van der Waals surface area contributed by atoms with Crippen LogP contribution in [0.2, 0.25) is 0 Å². The molecule has 0 spiro atoms. The molecular formula is C16H21N3. The average molecular weight is 255 g/mol. The van der Waals surface area contributed by atoms with Gasteiger partial charge in [-0.25, -0.2) is 0 Å². The number of benzene rings is 1. The number of anilines is 1. The lowest BCUT2D eigenvalue weighted by atomic mass is 9.95. The largest absolute Gasteiger partial charge is 0.383 e. The first-order valence-electron chi connectivity index (χ1n) is 7.06. The minimum atomic E-state index is 0.583. The summed E-state index contributed by atoms with van der Waals surface area (Å²) in [6, 6.07) is 8.59. The van der Waals surface area contributed by atoms with Crippen molar-refractivity contribution < 1.29 is 0 Å². The lowest BCUT2D eigenvalue weighted by Crippen LogP contribution is -1.98. The van der Waals surface area contributed by atoms with E-state index in [1.165, 1.54) is 42.5 Å². The van der Waals surface area contributed by atoms with Crippen molar-refractivity contribution in [2.24, 2.45) is 7.05 Å². The predicted molar refractivity (Wildman–Crippen MR) is 79.0 cm³/mol. The molecule has 0 radical (unpaired) electrons. The summed E-state index contributed by atoms with van der Waals surface area (Å²) in [5.41, 5.74) is 11.0. The topological polar surface area (TPSA) is 43.8 Å². The Bertz CT molecular complexity index is 575. The number of rotatable bonds is 2. The summed E-state index contributed by atoms with van der Waals surface area (Å²) in [5, 5.41) is 4.68. The van der Waals surface area contributed by atoms with Gasteiger partial charge in [-0.1, -0.05) is 42.7 Å². The van der Waals surface area contributed by atoms with Crippen molar-refractivity contribution >= 4 is 5.82 Å². The lowest BCUT2D eigenvalue weighted by Gasteiger charge is -2.09. The molecule has 100 valence electrons. The molecular weight excluding hydrogens is 234 g/mol. The molecule has 1 saturated carbocycles. The van der Waals surface area contributed by atoms with E-state index in [0.717, 1.165) is 11.4 Å². The lowest BCUT2D eigenvalue weighted by molar-refractivity contribution is 0.661. The molecule has 3 heteroatoms. The second-order valence-electron chi connectivity index (χ2n) is 5.62. The Hall–Kier alpha value is -1.77. The molecule has 2 aromatic rings. The van der Waals surface area contributed by atoms with Gasteiger partial charge in [0.1, 0.15) is 5.82 Å². The molecule has 19 heavy (non-hydrogen) atoms. The maximum absolute atomic E-state index is 6.24. The van der Waals surface area contributed by atoms with Crippen molar-refractivity contribution in [1.82, 2.24) is 9.78 Å². The average Bonchev–Trinajstić information content (AvgIpc) is 3.01. The number of nitrogens with two attached hydrogens (primary N) is 1. The second-order valence-corrected chi connectivity index (χ2v) is 5.62. The molecule has 0 aliphatic heterocycles. The maximum atomic E-state index is 6.24. The van der Waals surface area contributed by atoms with Crippen LogP contribution in [-0.2, 0) is 7.05 Å². The van der Waals surface area contributed by atoms with Crippen molar-refractivity contribution in [2.75, 3.05) is 5.73 Å². The van der Waals surface area contributed by atoms with E-state index < -0.39 is 0 Å². The van der Waals surface area contributed by atoms with Crippen molar-refractivity contribution in [2.45, 2.75) is 38.5 Å². The minimum absolute atomic E-state index is 0.583. The van der Waals surface area contributed by atoms with E-state index in [9.17, 15) is 0 Å². The number of aryl methyl sites for hydroxylation is 2. The third kappa shape index (κ3) is 2.14. The first kappa shape index (κ1) is 12.3. The first-order valence-corrected chi connectivity index (χ1v) is 7.06. The minimum Gasteiger partial charge on any atom is -0.383 e. The molecule has 0 saturated heterocycles. The van der Waals surface area contributed by atoms with Gasteiger partial charge in [-0.3, -0.25) is 4.68 Å². The van der Waals surface area contributed by atoms with Crippen LogP contribution in [0.3, 0.4) is 0 Å². The normalized spacial score (nSPS) is 16.1. The zero-order valence-corrected chi connectivity index (χ0v) is 11.7. The SMILES string of the molecule is Cc1ccc(-c2c(C3CCCC3)nn(C)c2N)cc1. The molecule has 1 aromatic heterocycles. The monoisotopic (exact) mass is 255 g/mol. The molecule has 1 fully saturated rings. The van der Waals surface area contributed by atoms with Gasteiger partial charge in [0.05, 0.1) is 5.69 Å². The highest BCUT2D eigenvalue weighted by molar-refractivity contribution is 5.77. The van der Waals surface area contributed by atoms with Gasteiger partial charge < -0.3 is 5.73 Å². The number of nitrogens with zero attached hydrogens (tertiary/aromatic N) is 2. The molecule has 1 aliphatic carbocycles. The smallest absolute Gasteiger partial charge is 0.129 e. The Labute approximate surface area is 114 Å². The van der Waals surface area contributed by atoms with E-state index in [4.69, 9.17) is 5.73 Å². The maximum Gasteiger partial charge on any atom is 0.129 e. The molecule has 0 bridgehead atoms. The molecule has 0 amide bonds. The van der Waals surface area contributed by atoms with Gasteiger partial charge in [-0.05, 0) is 25.3 Å². The van der Waals surface area contributed by atoms with E-state index in [0.29, 0.717) is 5.92 Å². The molecule has 0 atom stereocenters. The quantitative estimate of drug-likeness (QED) is 0.890. The van der Waals surface area contributed by atoms with Gasteiger partial charge in [0, 0.05) is 18.5 Å². The van der Waals surface area contributed by atoms with Crippen LogP contribution >= 0.6 is 0 Å². The Morgan fingerprint density at radius 3 is 2.42 bits per heavy atom. The summed E-state index contributed by atoms with van der Waals surface area (Å²) in [4.78, 5) is 0. The highest BCUT2D eigenvalue weighted by Gasteiger charge is 2.25. The predicted octanol–water partition coefficient (Wildman–Crippen LogP) is 3.64. The van der Waals surface area contributed by atoms with Crippen LogP contribution in [0.15, 0.2) is 24.3 Å². The van der Waals surface area contributed by atoms with Gasteiger partial charge in [-0.2, -0.15) is 5.10 Å². The van der Waals surface area contributed by atoms with Crippen LogP contribution in [-0.4, -0.2) is 9.78 Å². The molecule has 1 aromatic carbocycles. The molecule has 1 aliphatic rings. The Kier molecular flexibility index (Phi) is 3.05. The van der Waals surface area contributed by atoms with Gasteiger partial charge >= 0.3 is 0 Å². The molecule has 0 unspecified atom stereocenters. The molecule has 2 N–H and O–H groups in total. The molecule has 1 heterocycles. The number of hydrogen-bond acceptors (Lipinski definition) is 2. The van der Waals surface area contributed by atoms with Crippen molar-refractivity contribution in [3.63, 3.8) is 0 Å². The fraction of sp³-hybridized carbons (Fsp3) is 0.438. The fourth-order valence-electron chi connectivity index (χ4n) is 3.06. The van der Waals surface area contributed by atoms with Crippen LogP contribution in [0.1, 0.15) is 42.9 Å². The fourth-order valence-corrected chi connectivity index (χ4v) is 3.06. The number of aromatic nitrogens is 2. The Morgan fingerprint density at radius 2 is 1.79 bits per heavy atom. The van der Waals surface area contributed by atoms with Crippen molar-refractivity contribution in [1.29, 1.82) is 0 Å². The summed E-state index contributed by atoms with van der Waals surface area (Å²) in [7, 11) is 1.94. The molecule has 3 rings (SSSR count). The van der Waals surface area contributed by atoms with E-state index in [1.54, 1.807) is 0 Å².